The summed E-state index contributed by atoms with van der Waals surface area (Å²) in [5, 5.41) is 7.92. The zero-order chi connectivity index (χ0) is 14.5. The predicted molar refractivity (Wildman–Crippen MR) is 73.3 cm³/mol. The lowest BCUT2D eigenvalue weighted by Crippen LogP contribution is -2.34. The van der Waals surface area contributed by atoms with Crippen LogP contribution in [0, 0.1) is 0 Å². The van der Waals surface area contributed by atoms with Gasteiger partial charge in [-0.15, -0.1) is 10.2 Å². The highest BCUT2D eigenvalue weighted by atomic mass is 16.5. The smallest absolute Gasteiger partial charge is 0.222 e. The summed E-state index contributed by atoms with van der Waals surface area (Å²) in [7, 11) is 1.82. The summed E-state index contributed by atoms with van der Waals surface area (Å²) in [6.45, 7) is 5.47. The minimum absolute atomic E-state index is 0.0878. The Kier molecular flexibility index (Phi) is 5.11. The number of nitrogens with zero attached hydrogens (tertiary/aromatic N) is 3. The average Bonchev–Trinajstić information content (AvgIpc) is 3.06. The fraction of sp³-hybridized carbons (Fsp3) is 0.786. The first-order chi connectivity index (χ1) is 9.56. The number of ether oxygens (including phenoxy) is 1. The van der Waals surface area contributed by atoms with Crippen molar-refractivity contribution in [3.8, 4) is 0 Å². The van der Waals surface area contributed by atoms with Gasteiger partial charge in [-0.05, 0) is 12.8 Å². The maximum Gasteiger partial charge on any atom is 0.222 e. The van der Waals surface area contributed by atoms with Crippen molar-refractivity contribution < 1.29 is 13.9 Å². The summed E-state index contributed by atoms with van der Waals surface area (Å²) in [6.07, 6.45) is 3.21. The van der Waals surface area contributed by atoms with Gasteiger partial charge in [0, 0.05) is 39.0 Å². The SMILES string of the molecule is CC(C)c1nnc(CCC(=O)N(C)C[C@H]2CCCO2)o1. The first kappa shape index (κ1) is 15.0. The molecular formula is C14H23N3O3. The lowest BCUT2D eigenvalue weighted by atomic mass is 10.2. The van der Waals surface area contributed by atoms with Gasteiger partial charge in [0.25, 0.3) is 0 Å². The Balaban J connectivity index is 1.75. The Labute approximate surface area is 119 Å². The Morgan fingerprint density at radius 3 is 2.85 bits per heavy atom. The Morgan fingerprint density at radius 1 is 1.45 bits per heavy atom. The predicted octanol–water partition coefficient (Wildman–Crippen LogP) is 1.76. The molecule has 1 aromatic rings. The zero-order valence-corrected chi connectivity index (χ0v) is 12.5. The van der Waals surface area contributed by atoms with Crippen LogP contribution in [0.1, 0.15) is 50.8 Å². The van der Waals surface area contributed by atoms with E-state index in [4.69, 9.17) is 9.15 Å². The van der Waals surface area contributed by atoms with E-state index in [1.165, 1.54) is 0 Å². The second kappa shape index (κ2) is 6.83. The monoisotopic (exact) mass is 281 g/mol. The summed E-state index contributed by atoms with van der Waals surface area (Å²) in [4.78, 5) is 13.8. The second-order valence-electron chi connectivity index (χ2n) is 5.60. The van der Waals surface area contributed by atoms with Crippen LogP contribution >= 0.6 is 0 Å². The van der Waals surface area contributed by atoms with Crippen molar-refractivity contribution in [3.63, 3.8) is 0 Å². The average molecular weight is 281 g/mol. The van der Waals surface area contributed by atoms with E-state index >= 15 is 0 Å². The van der Waals surface area contributed by atoms with Crippen LogP contribution in [0.3, 0.4) is 0 Å². The Hall–Kier alpha value is -1.43. The van der Waals surface area contributed by atoms with E-state index in [0.29, 0.717) is 31.2 Å². The third-order valence-corrected chi connectivity index (χ3v) is 3.46. The Morgan fingerprint density at radius 2 is 2.25 bits per heavy atom. The van der Waals surface area contributed by atoms with Crippen LogP contribution in [0.2, 0.25) is 0 Å². The first-order valence-corrected chi connectivity index (χ1v) is 7.24. The number of likely N-dealkylation sites (N-methyl/N-ethyl adjacent to an activating group) is 1. The Bertz CT molecular complexity index is 439. The number of hydrogen-bond donors (Lipinski definition) is 0. The number of hydrogen-bond acceptors (Lipinski definition) is 5. The van der Waals surface area contributed by atoms with Crippen LogP contribution in [0.5, 0.6) is 0 Å². The number of amides is 1. The van der Waals surface area contributed by atoms with Crippen LogP contribution in [-0.4, -0.2) is 47.3 Å². The molecule has 1 aliphatic rings. The summed E-state index contributed by atoms with van der Waals surface area (Å²) >= 11 is 0. The van der Waals surface area contributed by atoms with Gasteiger partial charge in [-0.25, -0.2) is 0 Å². The van der Waals surface area contributed by atoms with Gasteiger partial charge < -0.3 is 14.1 Å². The molecule has 0 unspecified atom stereocenters. The second-order valence-corrected chi connectivity index (χ2v) is 5.60. The van der Waals surface area contributed by atoms with Gasteiger partial charge in [0.1, 0.15) is 0 Å². The van der Waals surface area contributed by atoms with E-state index in [0.717, 1.165) is 19.4 Å². The number of aromatic nitrogens is 2. The standard InChI is InChI=1S/C14H23N3O3/c1-10(2)14-16-15-12(20-14)6-7-13(18)17(3)9-11-5-4-8-19-11/h10-11H,4-9H2,1-3H3/t11-/m1/s1. The normalized spacial score (nSPS) is 18.7. The maximum absolute atomic E-state index is 12.0. The van der Waals surface area contributed by atoms with E-state index in [-0.39, 0.29) is 17.9 Å². The minimum Gasteiger partial charge on any atom is -0.425 e. The van der Waals surface area contributed by atoms with Gasteiger partial charge in [-0.2, -0.15) is 0 Å². The lowest BCUT2D eigenvalue weighted by molar-refractivity contribution is -0.131. The van der Waals surface area contributed by atoms with Crippen molar-refractivity contribution in [3.05, 3.63) is 11.8 Å². The van der Waals surface area contributed by atoms with Gasteiger partial charge in [-0.3, -0.25) is 4.79 Å². The van der Waals surface area contributed by atoms with Crippen molar-refractivity contribution in [2.24, 2.45) is 0 Å². The third kappa shape index (κ3) is 4.03. The van der Waals surface area contributed by atoms with E-state index in [9.17, 15) is 4.79 Å². The number of carbonyl (C=O) groups excluding carboxylic acids is 1. The summed E-state index contributed by atoms with van der Waals surface area (Å²) in [5.41, 5.74) is 0. The highest BCUT2D eigenvalue weighted by molar-refractivity contribution is 5.76. The number of aryl methyl sites for hydroxylation is 1. The molecule has 2 rings (SSSR count). The van der Waals surface area contributed by atoms with Crippen LogP contribution in [0.4, 0.5) is 0 Å². The highest BCUT2D eigenvalue weighted by Gasteiger charge is 2.20. The fourth-order valence-electron chi connectivity index (χ4n) is 2.20. The molecular weight excluding hydrogens is 258 g/mol. The molecule has 1 fully saturated rings. The van der Waals surface area contributed by atoms with Gasteiger partial charge in [0.05, 0.1) is 6.10 Å². The summed E-state index contributed by atoms with van der Waals surface area (Å²) < 4.78 is 11.0. The lowest BCUT2D eigenvalue weighted by Gasteiger charge is -2.20. The molecule has 1 aliphatic heterocycles. The van der Waals surface area contributed by atoms with Gasteiger partial charge >= 0.3 is 0 Å². The maximum atomic E-state index is 12.0. The van der Waals surface area contributed by atoms with E-state index in [2.05, 4.69) is 10.2 Å². The molecule has 1 saturated heterocycles. The topological polar surface area (TPSA) is 68.5 Å². The fourth-order valence-corrected chi connectivity index (χ4v) is 2.20. The first-order valence-electron chi connectivity index (χ1n) is 7.24. The van der Waals surface area contributed by atoms with Gasteiger partial charge in [-0.1, -0.05) is 13.8 Å². The van der Waals surface area contributed by atoms with Crippen LogP contribution in [0.15, 0.2) is 4.42 Å². The molecule has 6 heteroatoms. The molecule has 0 saturated carbocycles. The molecule has 20 heavy (non-hydrogen) atoms. The number of rotatable bonds is 6. The van der Waals surface area contributed by atoms with Crippen LogP contribution in [-0.2, 0) is 16.0 Å². The highest BCUT2D eigenvalue weighted by Crippen LogP contribution is 2.15. The summed E-state index contributed by atoms with van der Waals surface area (Å²) in [5.74, 6) is 1.46. The van der Waals surface area contributed by atoms with E-state index < -0.39 is 0 Å². The van der Waals surface area contributed by atoms with Crippen LogP contribution in [0.25, 0.3) is 0 Å². The zero-order valence-electron chi connectivity index (χ0n) is 12.5. The molecule has 1 atom stereocenters. The van der Waals surface area contributed by atoms with Gasteiger partial charge in [0.2, 0.25) is 17.7 Å². The van der Waals surface area contributed by atoms with Crippen LogP contribution < -0.4 is 0 Å². The van der Waals surface area contributed by atoms with Crippen molar-refractivity contribution in [2.45, 2.75) is 51.6 Å². The molecule has 2 heterocycles. The van der Waals surface area contributed by atoms with Crippen molar-refractivity contribution >= 4 is 5.91 Å². The molecule has 112 valence electrons. The molecule has 0 radical (unpaired) electrons. The quantitative estimate of drug-likeness (QED) is 0.794. The molecule has 0 aliphatic carbocycles. The van der Waals surface area contributed by atoms with Gasteiger partial charge in [0.15, 0.2) is 0 Å². The minimum atomic E-state index is 0.0878. The molecule has 6 nitrogen and oxygen atoms in total. The molecule has 1 amide bonds. The molecule has 1 aromatic heterocycles. The molecule has 0 bridgehead atoms. The van der Waals surface area contributed by atoms with Crippen molar-refractivity contribution in [1.82, 2.24) is 15.1 Å². The number of carbonyl (C=O) groups is 1. The van der Waals surface area contributed by atoms with Crippen molar-refractivity contribution in [1.29, 1.82) is 0 Å². The molecule has 0 spiro atoms. The largest absolute Gasteiger partial charge is 0.425 e. The van der Waals surface area contributed by atoms with E-state index in [1.54, 1.807) is 4.90 Å². The van der Waals surface area contributed by atoms with Crippen molar-refractivity contribution in [2.75, 3.05) is 20.2 Å². The third-order valence-electron chi connectivity index (χ3n) is 3.46. The summed E-state index contributed by atoms with van der Waals surface area (Å²) in [6, 6.07) is 0. The molecule has 0 N–H and O–H groups in total. The molecule has 0 aromatic carbocycles. The van der Waals surface area contributed by atoms with E-state index in [1.807, 2.05) is 20.9 Å².